The van der Waals surface area contributed by atoms with Crippen molar-refractivity contribution in [1.29, 1.82) is 0 Å². The number of carboxylic acid groups (broad SMARTS) is 1. The molecule has 0 aromatic carbocycles. The maximum atomic E-state index is 10.4. The van der Waals surface area contributed by atoms with Crippen LogP contribution in [0.4, 0.5) is 0 Å². The Balaban J connectivity index is 2.58. The molecule has 0 fully saturated rings. The summed E-state index contributed by atoms with van der Waals surface area (Å²) >= 11 is 0.986. The lowest BCUT2D eigenvalue weighted by Gasteiger charge is -2.07. The van der Waals surface area contributed by atoms with Crippen LogP contribution in [0.3, 0.4) is 0 Å². The molecule has 1 heterocycles. The molecule has 0 bridgehead atoms. The lowest BCUT2D eigenvalue weighted by atomic mass is 10.5. The molecule has 0 saturated carbocycles. The second-order valence-corrected chi connectivity index (χ2v) is 3.69. The van der Waals surface area contributed by atoms with Crippen LogP contribution in [0, 0.1) is 0 Å². The van der Waals surface area contributed by atoms with Gasteiger partial charge in [-0.05, 0) is 6.92 Å². The third-order valence-electron chi connectivity index (χ3n) is 1.36. The number of hydrogen-bond acceptors (Lipinski definition) is 6. The van der Waals surface area contributed by atoms with Gasteiger partial charge in [0.2, 0.25) is 5.89 Å². The topological polar surface area (TPSA) is 79.0 Å². The molecule has 1 rings (SSSR count). The minimum atomic E-state index is -1.14. The number of carboxylic acids is 1. The molecule has 5 nitrogen and oxygen atoms in total. The molecule has 0 aliphatic carbocycles. The molecule has 72 valence electrons. The minimum Gasteiger partial charge on any atom is -0.549 e. The Morgan fingerprint density at radius 2 is 2.38 bits per heavy atom. The number of aromatic nitrogens is 2. The van der Waals surface area contributed by atoms with Crippen LogP contribution in [-0.4, -0.2) is 21.4 Å². The van der Waals surface area contributed by atoms with Crippen LogP contribution < -0.4 is 5.11 Å². The van der Waals surface area contributed by atoms with E-state index in [2.05, 4.69) is 10.2 Å². The Morgan fingerprint density at radius 1 is 1.69 bits per heavy atom. The van der Waals surface area contributed by atoms with E-state index in [1.165, 1.54) is 6.92 Å². The van der Waals surface area contributed by atoms with Crippen molar-refractivity contribution in [3.05, 3.63) is 5.89 Å². The Morgan fingerprint density at radius 3 is 2.85 bits per heavy atom. The third-order valence-corrected chi connectivity index (χ3v) is 2.27. The molecule has 0 unspecified atom stereocenters. The first-order valence-electron chi connectivity index (χ1n) is 3.83. The quantitative estimate of drug-likeness (QED) is 0.631. The van der Waals surface area contributed by atoms with Crippen LogP contribution in [0.5, 0.6) is 0 Å². The fourth-order valence-electron chi connectivity index (χ4n) is 0.628. The number of carbonyl (C=O) groups is 1. The van der Waals surface area contributed by atoms with Crippen molar-refractivity contribution in [3.8, 4) is 0 Å². The van der Waals surface area contributed by atoms with Crippen molar-refractivity contribution in [2.75, 3.05) is 0 Å². The van der Waals surface area contributed by atoms with Crippen molar-refractivity contribution >= 4 is 17.7 Å². The van der Waals surface area contributed by atoms with Crippen LogP contribution >= 0.6 is 11.8 Å². The Hall–Kier alpha value is -1.04. The highest BCUT2D eigenvalue weighted by Crippen LogP contribution is 2.21. The van der Waals surface area contributed by atoms with Gasteiger partial charge in [0.25, 0.3) is 5.22 Å². The van der Waals surface area contributed by atoms with Crippen molar-refractivity contribution in [1.82, 2.24) is 10.2 Å². The van der Waals surface area contributed by atoms with Crippen LogP contribution in [0.25, 0.3) is 0 Å². The molecule has 1 aromatic heterocycles. The molecule has 1 aromatic rings. The fraction of sp³-hybridized carbons (Fsp3) is 0.571. The Labute approximate surface area is 79.5 Å². The predicted octanol–water partition coefficient (Wildman–Crippen LogP) is -0.138. The monoisotopic (exact) mass is 201 g/mol. The van der Waals surface area contributed by atoms with Crippen molar-refractivity contribution in [2.45, 2.75) is 30.7 Å². The van der Waals surface area contributed by atoms with Gasteiger partial charge in [-0.1, -0.05) is 18.7 Å². The minimum absolute atomic E-state index is 0.272. The highest BCUT2D eigenvalue weighted by Gasteiger charge is 2.10. The van der Waals surface area contributed by atoms with E-state index in [-0.39, 0.29) is 5.22 Å². The Bertz CT molecular complexity index is 300. The van der Waals surface area contributed by atoms with E-state index < -0.39 is 11.2 Å². The normalized spacial score (nSPS) is 12.8. The maximum Gasteiger partial charge on any atom is 0.277 e. The highest BCUT2D eigenvalue weighted by molar-refractivity contribution is 8.00. The SMILES string of the molecule is CCc1nnc(S[C@@H](C)C(=O)[O-])o1. The number of thioether (sulfide) groups is 1. The molecule has 1 atom stereocenters. The average molecular weight is 201 g/mol. The van der Waals surface area contributed by atoms with E-state index in [1.54, 1.807) is 0 Å². The van der Waals surface area contributed by atoms with E-state index >= 15 is 0 Å². The van der Waals surface area contributed by atoms with Gasteiger partial charge in [-0.15, -0.1) is 10.2 Å². The van der Waals surface area contributed by atoms with Gasteiger partial charge >= 0.3 is 0 Å². The molecule has 6 heteroatoms. The summed E-state index contributed by atoms with van der Waals surface area (Å²) in [4.78, 5) is 10.4. The van der Waals surface area contributed by atoms with Crippen molar-refractivity contribution < 1.29 is 14.3 Å². The first-order chi connectivity index (χ1) is 6.13. The summed E-state index contributed by atoms with van der Waals surface area (Å²) in [5.74, 6) is -0.630. The highest BCUT2D eigenvalue weighted by atomic mass is 32.2. The second-order valence-electron chi connectivity index (χ2n) is 2.39. The van der Waals surface area contributed by atoms with Gasteiger partial charge in [0.05, 0.1) is 11.2 Å². The number of nitrogens with zero attached hydrogens (tertiary/aromatic N) is 2. The third kappa shape index (κ3) is 2.73. The van der Waals surface area contributed by atoms with Crippen LogP contribution in [0.15, 0.2) is 9.64 Å². The lowest BCUT2D eigenvalue weighted by Crippen LogP contribution is -2.31. The van der Waals surface area contributed by atoms with Crippen LogP contribution in [0.2, 0.25) is 0 Å². The summed E-state index contributed by atoms with van der Waals surface area (Å²) in [7, 11) is 0. The van der Waals surface area contributed by atoms with Gasteiger partial charge < -0.3 is 14.3 Å². The molecular formula is C7H9N2O3S-. The maximum absolute atomic E-state index is 10.4. The fourth-order valence-corrected chi connectivity index (χ4v) is 1.26. The molecule has 13 heavy (non-hydrogen) atoms. The van der Waals surface area contributed by atoms with Gasteiger partial charge in [-0.3, -0.25) is 0 Å². The number of aliphatic carboxylic acids is 1. The zero-order valence-corrected chi connectivity index (χ0v) is 8.13. The zero-order chi connectivity index (χ0) is 9.84. The average Bonchev–Trinajstić information content (AvgIpc) is 2.52. The van der Waals surface area contributed by atoms with Gasteiger partial charge in [0.15, 0.2) is 0 Å². The standard InChI is InChI=1S/C7H10N2O3S/c1-3-5-8-9-7(12-5)13-4(2)6(10)11/h4H,3H2,1-2H3,(H,10,11)/p-1/t4-/m0/s1. The first-order valence-corrected chi connectivity index (χ1v) is 4.71. The van der Waals surface area contributed by atoms with E-state index in [4.69, 9.17) is 4.42 Å². The van der Waals surface area contributed by atoms with E-state index in [0.29, 0.717) is 12.3 Å². The summed E-state index contributed by atoms with van der Waals surface area (Å²) in [5, 5.41) is 17.3. The van der Waals surface area contributed by atoms with Gasteiger partial charge in [0.1, 0.15) is 0 Å². The number of aryl methyl sites for hydroxylation is 1. The van der Waals surface area contributed by atoms with Gasteiger partial charge in [0, 0.05) is 6.42 Å². The van der Waals surface area contributed by atoms with Crippen molar-refractivity contribution in [2.24, 2.45) is 0 Å². The van der Waals surface area contributed by atoms with Gasteiger partial charge in [-0.2, -0.15) is 0 Å². The molecule has 0 aliphatic heterocycles. The van der Waals surface area contributed by atoms with Crippen molar-refractivity contribution in [3.63, 3.8) is 0 Å². The molecule has 0 spiro atoms. The number of hydrogen-bond donors (Lipinski definition) is 0. The molecule has 0 aliphatic rings. The van der Waals surface area contributed by atoms with Crippen LogP contribution in [-0.2, 0) is 11.2 Å². The largest absolute Gasteiger partial charge is 0.549 e. The summed E-state index contributed by atoms with van der Waals surface area (Å²) in [5.41, 5.74) is 0. The van der Waals surface area contributed by atoms with E-state index in [1.807, 2.05) is 6.92 Å². The first kappa shape index (κ1) is 10.0. The summed E-state index contributed by atoms with van der Waals surface area (Å²) < 4.78 is 5.10. The molecule has 0 amide bonds. The molecular weight excluding hydrogens is 192 g/mol. The summed E-state index contributed by atoms with van der Waals surface area (Å²) in [6.07, 6.45) is 0.646. The van der Waals surface area contributed by atoms with Crippen LogP contribution in [0.1, 0.15) is 19.7 Å². The lowest BCUT2D eigenvalue weighted by molar-refractivity contribution is -0.304. The number of rotatable bonds is 4. The zero-order valence-electron chi connectivity index (χ0n) is 7.31. The molecule has 0 saturated heterocycles. The molecule has 0 N–H and O–H groups in total. The predicted molar refractivity (Wildman–Crippen MR) is 44.0 cm³/mol. The smallest absolute Gasteiger partial charge is 0.277 e. The van der Waals surface area contributed by atoms with Gasteiger partial charge in [-0.25, -0.2) is 0 Å². The number of carbonyl (C=O) groups excluding carboxylic acids is 1. The Kier molecular flexibility index (Phi) is 3.30. The summed E-state index contributed by atoms with van der Waals surface area (Å²) in [6, 6.07) is 0. The van der Waals surface area contributed by atoms with E-state index in [0.717, 1.165) is 11.8 Å². The second kappa shape index (κ2) is 4.27. The van der Waals surface area contributed by atoms with E-state index in [9.17, 15) is 9.90 Å². The molecule has 0 radical (unpaired) electrons. The summed E-state index contributed by atoms with van der Waals surface area (Å²) in [6.45, 7) is 3.39.